The van der Waals surface area contributed by atoms with Gasteiger partial charge in [0.05, 0.1) is 0 Å². The third kappa shape index (κ3) is 4.27. The van der Waals surface area contributed by atoms with Crippen LogP contribution in [0.1, 0.15) is 43.7 Å². The molecule has 2 heterocycles. The van der Waals surface area contributed by atoms with Crippen molar-refractivity contribution in [2.24, 2.45) is 11.8 Å². The maximum atomic E-state index is 12.3. The summed E-state index contributed by atoms with van der Waals surface area (Å²) in [5.41, 5.74) is 1.69. The fraction of sp³-hybridized carbons (Fsp3) is 0.500. The lowest BCUT2D eigenvalue weighted by Crippen LogP contribution is -2.36. The van der Waals surface area contributed by atoms with Crippen molar-refractivity contribution >= 4 is 17.9 Å². The zero-order chi connectivity index (χ0) is 21.5. The predicted molar refractivity (Wildman–Crippen MR) is 109 cm³/mol. The number of piperidine rings is 1. The second-order valence-electron chi connectivity index (χ2n) is 8.92. The first-order chi connectivity index (χ1) is 14.2. The van der Waals surface area contributed by atoms with E-state index in [1.807, 2.05) is 51.1 Å². The van der Waals surface area contributed by atoms with Gasteiger partial charge in [-0.1, -0.05) is 35.5 Å². The van der Waals surface area contributed by atoms with E-state index in [0.717, 1.165) is 11.3 Å². The molecule has 2 fully saturated rings. The number of nitrogens with one attached hydrogen (secondary N) is 1. The Labute approximate surface area is 175 Å². The number of aryl methyl sites for hydroxylation is 1. The number of ether oxygens (including phenoxy) is 2. The van der Waals surface area contributed by atoms with E-state index in [2.05, 4.69) is 10.5 Å². The SMILES string of the molecule is Cc1onc(C2[C@H]3CN(C(=O)OC(C)(C)C)C[C@@H]23)c1NC(=O)OCc1ccccc1. The van der Waals surface area contributed by atoms with Gasteiger partial charge in [-0.2, -0.15) is 0 Å². The molecule has 3 atom stereocenters. The molecule has 2 aliphatic rings. The van der Waals surface area contributed by atoms with E-state index in [1.165, 1.54) is 0 Å². The number of carbonyl (C=O) groups is 2. The van der Waals surface area contributed by atoms with Gasteiger partial charge < -0.3 is 18.9 Å². The minimum absolute atomic E-state index is 0.158. The van der Waals surface area contributed by atoms with Crippen molar-refractivity contribution in [3.63, 3.8) is 0 Å². The van der Waals surface area contributed by atoms with E-state index < -0.39 is 11.7 Å². The van der Waals surface area contributed by atoms with Crippen LogP contribution in [0.25, 0.3) is 0 Å². The molecule has 1 saturated carbocycles. The van der Waals surface area contributed by atoms with Gasteiger partial charge in [0, 0.05) is 19.0 Å². The van der Waals surface area contributed by atoms with E-state index in [9.17, 15) is 9.59 Å². The number of likely N-dealkylation sites (tertiary alicyclic amines) is 1. The van der Waals surface area contributed by atoms with Crippen molar-refractivity contribution in [3.05, 3.63) is 47.3 Å². The van der Waals surface area contributed by atoms with Gasteiger partial charge in [0.25, 0.3) is 0 Å². The van der Waals surface area contributed by atoms with Crippen LogP contribution < -0.4 is 5.32 Å². The number of aromatic nitrogens is 1. The largest absolute Gasteiger partial charge is 0.444 e. The van der Waals surface area contributed by atoms with Gasteiger partial charge in [-0.25, -0.2) is 9.59 Å². The molecule has 1 saturated heterocycles. The molecule has 2 amide bonds. The van der Waals surface area contributed by atoms with Gasteiger partial charge in [-0.3, -0.25) is 5.32 Å². The predicted octanol–water partition coefficient (Wildman–Crippen LogP) is 4.31. The molecule has 8 heteroatoms. The summed E-state index contributed by atoms with van der Waals surface area (Å²) in [6.45, 7) is 8.76. The molecular formula is C22H27N3O5. The van der Waals surface area contributed by atoms with E-state index in [4.69, 9.17) is 14.0 Å². The van der Waals surface area contributed by atoms with Gasteiger partial charge in [0.2, 0.25) is 0 Å². The third-order valence-electron chi connectivity index (χ3n) is 5.49. The summed E-state index contributed by atoms with van der Waals surface area (Å²) in [6, 6.07) is 9.49. The van der Waals surface area contributed by atoms with Crippen LogP contribution in [-0.2, 0) is 16.1 Å². The highest BCUT2D eigenvalue weighted by molar-refractivity contribution is 5.86. The van der Waals surface area contributed by atoms with Gasteiger partial charge in [0.15, 0.2) is 5.76 Å². The van der Waals surface area contributed by atoms with Crippen molar-refractivity contribution in [1.82, 2.24) is 10.1 Å². The normalized spacial score (nSPS) is 22.4. The zero-order valence-corrected chi connectivity index (χ0v) is 17.7. The molecule has 0 bridgehead atoms. The number of amides is 2. The first-order valence-corrected chi connectivity index (χ1v) is 10.1. The summed E-state index contributed by atoms with van der Waals surface area (Å²) < 4.78 is 16.1. The topological polar surface area (TPSA) is 93.9 Å². The monoisotopic (exact) mass is 413 g/mol. The Hall–Kier alpha value is -3.03. The molecule has 2 aromatic rings. The Balaban J connectivity index is 1.34. The summed E-state index contributed by atoms with van der Waals surface area (Å²) in [7, 11) is 0. The Kier molecular flexibility index (Phi) is 5.17. The second kappa shape index (κ2) is 7.66. The molecule has 1 N–H and O–H groups in total. The number of benzene rings is 1. The Morgan fingerprint density at radius 3 is 2.50 bits per heavy atom. The van der Waals surface area contributed by atoms with Crippen LogP contribution in [0.15, 0.2) is 34.9 Å². The van der Waals surface area contributed by atoms with Gasteiger partial charge in [-0.05, 0) is 45.1 Å². The summed E-state index contributed by atoms with van der Waals surface area (Å²) >= 11 is 0. The lowest BCUT2D eigenvalue weighted by molar-refractivity contribution is 0.0270. The molecule has 4 rings (SSSR count). The quantitative estimate of drug-likeness (QED) is 0.803. The Morgan fingerprint density at radius 1 is 1.20 bits per heavy atom. The summed E-state index contributed by atoms with van der Waals surface area (Å²) in [5, 5.41) is 6.96. The average molecular weight is 413 g/mol. The lowest BCUT2D eigenvalue weighted by atomic mass is 10.1. The smallest absolute Gasteiger partial charge is 0.412 e. The van der Waals surface area contributed by atoms with Crippen LogP contribution >= 0.6 is 0 Å². The fourth-order valence-corrected chi connectivity index (χ4v) is 4.04. The average Bonchev–Trinajstić information content (AvgIpc) is 3.00. The highest BCUT2D eigenvalue weighted by atomic mass is 16.6. The molecule has 1 aromatic heterocycles. The second-order valence-corrected chi connectivity index (χ2v) is 8.92. The molecule has 0 spiro atoms. The van der Waals surface area contributed by atoms with Crippen molar-refractivity contribution in [1.29, 1.82) is 0 Å². The number of nitrogens with zero attached hydrogens (tertiary/aromatic N) is 2. The Bertz CT molecular complexity index is 922. The standard InChI is InChI=1S/C22H27N3O5/c1-13-18(23-20(26)28-12-14-8-6-5-7-9-14)19(24-30-13)17-15-10-25(11-16(15)17)21(27)29-22(2,3)4/h5-9,15-17H,10-12H2,1-4H3,(H,23,26)/t15-,16+,17?. The van der Waals surface area contributed by atoms with Gasteiger partial charge in [-0.15, -0.1) is 0 Å². The number of anilines is 1. The van der Waals surface area contributed by atoms with Crippen molar-refractivity contribution in [2.45, 2.75) is 45.8 Å². The van der Waals surface area contributed by atoms with Crippen molar-refractivity contribution in [2.75, 3.05) is 18.4 Å². The van der Waals surface area contributed by atoms with Crippen molar-refractivity contribution in [3.8, 4) is 0 Å². The molecule has 1 aromatic carbocycles. The van der Waals surface area contributed by atoms with Crippen LogP contribution in [0, 0.1) is 18.8 Å². The maximum Gasteiger partial charge on any atom is 0.412 e. The van der Waals surface area contributed by atoms with E-state index >= 15 is 0 Å². The minimum Gasteiger partial charge on any atom is -0.444 e. The summed E-state index contributed by atoms with van der Waals surface area (Å²) in [5.74, 6) is 1.28. The van der Waals surface area contributed by atoms with E-state index in [0.29, 0.717) is 36.4 Å². The van der Waals surface area contributed by atoms with Gasteiger partial charge in [0.1, 0.15) is 23.6 Å². The molecule has 30 heavy (non-hydrogen) atoms. The molecule has 1 aliphatic carbocycles. The summed E-state index contributed by atoms with van der Waals surface area (Å²) in [4.78, 5) is 26.3. The van der Waals surface area contributed by atoms with Crippen LogP contribution in [0.4, 0.5) is 15.3 Å². The van der Waals surface area contributed by atoms with Crippen molar-refractivity contribution < 1.29 is 23.6 Å². The summed E-state index contributed by atoms with van der Waals surface area (Å²) in [6.07, 6.45) is -0.833. The third-order valence-corrected chi connectivity index (χ3v) is 5.49. The van der Waals surface area contributed by atoms with Crippen LogP contribution in [0.3, 0.4) is 0 Å². The maximum absolute atomic E-state index is 12.3. The lowest BCUT2D eigenvalue weighted by Gasteiger charge is -2.25. The number of fused-ring (bicyclic) bond motifs is 1. The van der Waals surface area contributed by atoms with E-state index in [-0.39, 0.29) is 18.6 Å². The number of hydrogen-bond acceptors (Lipinski definition) is 6. The molecular weight excluding hydrogens is 386 g/mol. The molecule has 8 nitrogen and oxygen atoms in total. The first-order valence-electron chi connectivity index (χ1n) is 10.1. The number of rotatable bonds is 4. The number of hydrogen-bond donors (Lipinski definition) is 1. The molecule has 1 aliphatic heterocycles. The number of carbonyl (C=O) groups excluding carboxylic acids is 2. The van der Waals surface area contributed by atoms with Crippen LogP contribution in [-0.4, -0.2) is 40.9 Å². The minimum atomic E-state index is -0.549. The van der Waals surface area contributed by atoms with E-state index in [1.54, 1.807) is 11.8 Å². The van der Waals surface area contributed by atoms with Crippen LogP contribution in [0.5, 0.6) is 0 Å². The zero-order valence-electron chi connectivity index (χ0n) is 17.7. The molecule has 0 radical (unpaired) electrons. The first kappa shape index (κ1) is 20.3. The highest BCUT2D eigenvalue weighted by Gasteiger charge is 2.59. The molecule has 1 unspecified atom stereocenters. The fourth-order valence-electron chi connectivity index (χ4n) is 4.04. The highest BCUT2D eigenvalue weighted by Crippen LogP contribution is 2.59. The van der Waals surface area contributed by atoms with Gasteiger partial charge >= 0.3 is 12.2 Å². The Morgan fingerprint density at radius 2 is 1.87 bits per heavy atom. The van der Waals surface area contributed by atoms with Crippen LogP contribution in [0.2, 0.25) is 0 Å². The molecule has 160 valence electrons.